The maximum atomic E-state index is 14.1. The summed E-state index contributed by atoms with van der Waals surface area (Å²) in [6, 6.07) is -0.454. The molecule has 4 rings (SSSR count). The Bertz CT molecular complexity index is 1220. The monoisotopic (exact) mass is 583 g/mol. The lowest BCUT2D eigenvalue weighted by Gasteiger charge is -2.22. The number of pyridine rings is 1. The third-order valence-electron chi connectivity index (χ3n) is 6.25. The van der Waals surface area contributed by atoms with E-state index in [4.69, 9.17) is 4.74 Å². The largest absolute Gasteiger partial charge is 0.405 e. The van der Waals surface area contributed by atoms with Crippen molar-refractivity contribution in [1.82, 2.24) is 20.2 Å². The number of hydrogen-bond donors (Lipinski definition) is 2. The molecule has 0 saturated carbocycles. The molecule has 2 N–H and O–H groups in total. The Morgan fingerprint density at radius 2 is 1.95 bits per heavy atom. The first-order chi connectivity index (χ1) is 18.2. The second-order valence-corrected chi connectivity index (χ2v) is 10.3. The molecule has 0 aromatic carbocycles. The van der Waals surface area contributed by atoms with Crippen LogP contribution in [0.25, 0.3) is 10.4 Å². The van der Waals surface area contributed by atoms with Crippen LogP contribution in [0.5, 0.6) is 0 Å². The van der Waals surface area contributed by atoms with E-state index in [1.54, 1.807) is 0 Å². The maximum Gasteiger partial charge on any atom is 0.405 e. The van der Waals surface area contributed by atoms with Crippen LogP contribution in [0, 0.1) is 0 Å². The van der Waals surface area contributed by atoms with Crippen LogP contribution in [0.3, 0.4) is 0 Å². The van der Waals surface area contributed by atoms with E-state index in [0.29, 0.717) is 43.5 Å². The van der Waals surface area contributed by atoms with Crippen LogP contribution in [-0.2, 0) is 4.74 Å². The lowest BCUT2D eigenvalue weighted by molar-refractivity contribution is -0.115. The highest BCUT2D eigenvalue weighted by molar-refractivity contribution is 7.17. The van der Waals surface area contributed by atoms with Gasteiger partial charge >= 0.3 is 6.18 Å². The Morgan fingerprint density at radius 1 is 1.26 bits per heavy atom. The fraction of sp³-hybridized carbons (Fsp3) is 0.565. The number of aromatic nitrogens is 2. The number of nitrogens with one attached hydrogen (secondary N) is 2. The smallest absolute Gasteiger partial charge is 0.381 e. The third-order valence-corrected chi connectivity index (χ3v) is 7.34. The van der Waals surface area contributed by atoms with Gasteiger partial charge in [-0.3, -0.25) is 9.59 Å². The highest BCUT2D eigenvalue weighted by Gasteiger charge is 2.46. The molecule has 2 aliphatic rings. The Morgan fingerprint density at radius 3 is 2.54 bits per heavy atom. The zero-order valence-electron chi connectivity index (χ0n) is 20.5. The first-order valence-corrected chi connectivity index (χ1v) is 12.7. The number of hydrogen-bond acceptors (Lipinski definition) is 7. The summed E-state index contributed by atoms with van der Waals surface area (Å²) in [5, 5.41) is 4.38. The van der Waals surface area contributed by atoms with Crippen molar-refractivity contribution in [1.29, 1.82) is 0 Å². The minimum absolute atomic E-state index is 0.232. The number of nitrogens with zero attached hydrogens (tertiary/aromatic N) is 3. The lowest BCUT2D eigenvalue weighted by Crippen LogP contribution is -2.39. The summed E-state index contributed by atoms with van der Waals surface area (Å²) in [4.78, 5) is 34.8. The molecular formula is C23H24F7N5O3S. The van der Waals surface area contributed by atoms with Gasteiger partial charge in [-0.25, -0.2) is 27.5 Å². The van der Waals surface area contributed by atoms with E-state index in [1.165, 1.54) is 6.92 Å². The van der Waals surface area contributed by atoms with Crippen LogP contribution in [0.1, 0.15) is 58.5 Å². The molecule has 2 fully saturated rings. The molecule has 2 aromatic rings. The summed E-state index contributed by atoms with van der Waals surface area (Å²) >= 11 is 0.589. The lowest BCUT2D eigenvalue weighted by atomic mass is 10.1. The Kier molecular flexibility index (Phi) is 8.35. The van der Waals surface area contributed by atoms with Gasteiger partial charge in [0.05, 0.1) is 11.4 Å². The van der Waals surface area contributed by atoms with Crippen molar-refractivity contribution >= 4 is 29.0 Å². The second-order valence-electron chi connectivity index (χ2n) is 9.33. The SMILES string of the molecule is CC1CC(F)(F)CN1C(=O)c1nc(C(=O)NC2CCOCC2)sc1-c1cnc(NCC(F)(F)F)cc1C(F)F. The van der Waals surface area contributed by atoms with E-state index in [2.05, 4.69) is 15.3 Å². The van der Waals surface area contributed by atoms with Gasteiger partial charge in [0.25, 0.3) is 24.2 Å². The minimum Gasteiger partial charge on any atom is -0.381 e. The first-order valence-electron chi connectivity index (χ1n) is 11.9. The zero-order chi connectivity index (χ0) is 28.5. The van der Waals surface area contributed by atoms with E-state index >= 15 is 0 Å². The van der Waals surface area contributed by atoms with E-state index in [9.17, 15) is 40.3 Å². The molecule has 0 spiro atoms. The Labute approximate surface area is 221 Å². The molecule has 0 aliphatic carbocycles. The first kappa shape index (κ1) is 29.0. The molecule has 16 heteroatoms. The number of likely N-dealkylation sites (tertiary alicyclic amines) is 1. The van der Waals surface area contributed by atoms with Crippen molar-refractivity contribution in [2.24, 2.45) is 0 Å². The van der Waals surface area contributed by atoms with E-state index in [1.807, 2.05) is 5.32 Å². The number of ether oxygens (including phenoxy) is 1. The van der Waals surface area contributed by atoms with Crippen molar-refractivity contribution in [3.05, 3.63) is 28.5 Å². The Balaban J connectivity index is 1.73. The van der Waals surface area contributed by atoms with Crippen LogP contribution in [-0.4, -0.2) is 77.2 Å². The number of rotatable bonds is 7. The number of carbonyl (C=O) groups is 2. The average Bonchev–Trinajstić information content (AvgIpc) is 3.42. The van der Waals surface area contributed by atoms with E-state index < -0.39 is 73.0 Å². The van der Waals surface area contributed by atoms with Crippen LogP contribution >= 0.6 is 11.3 Å². The van der Waals surface area contributed by atoms with Crippen molar-refractivity contribution in [3.63, 3.8) is 0 Å². The van der Waals surface area contributed by atoms with Gasteiger partial charge in [-0.05, 0) is 25.8 Å². The van der Waals surface area contributed by atoms with E-state index in [0.717, 1.165) is 11.1 Å². The second kappa shape index (κ2) is 11.2. The summed E-state index contributed by atoms with van der Waals surface area (Å²) in [5.74, 6) is -5.35. The zero-order valence-corrected chi connectivity index (χ0v) is 21.3. The van der Waals surface area contributed by atoms with Gasteiger partial charge in [0, 0.05) is 49.0 Å². The molecule has 4 heterocycles. The van der Waals surface area contributed by atoms with Gasteiger partial charge in [-0.2, -0.15) is 13.2 Å². The third kappa shape index (κ3) is 6.96. The highest BCUT2D eigenvalue weighted by Crippen LogP contribution is 2.40. The van der Waals surface area contributed by atoms with Crippen LogP contribution in [0.2, 0.25) is 0 Å². The van der Waals surface area contributed by atoms with Crippen LogP contribution in [0.4, 0.5) is 36.6 Å². The highest BCUT2D eigenvalue weighted by atomic mass is 32.1. The van der Waals surface area contributed by atoms with Crippen LogP contribution < -0.4 is 10.6 Å². The maximum absolute atomic E-state index is 14.1. The molecule has 8 nitrogen and oxygen atoms in total. The molecule has 2 amide bonds. The standard InChI is InChI=1S/C23H24F7N5O3S/c1-11-7-22(26,27)10-35(11)21(37)16-17(39-20(34-16)19(36)33-12-2-4-38-5-3-12)14-8-31-15(6-13(14)18(24)25)32-9-23(28,29)30/h6,8,11-12,18H,2-5,7,9-10H2,1H3,(H,31,32)(H,33,36). The number of alkyl halides is 7. The summed E-state index contributed by atoms with van der Waals surface area (Å²) in [5.41, 5.74) is -1.63. The van der Waals surface area contributed by atoms with Gasteiger partial charge in [-0.1, -0.05) is 0 Å². The predicted molar refractivity (Wildman–Crippen MR) is 126 cm³/mol. The molecule has 2 saturated heterocycles. The summed E-state index contributed by atoms with van der Waals surface area (Å²) in [6.07, 6.45) is -6.59. The summed E-state index contributed by atoms with van der Waals surface area (Å²) in [7, 11) is 0. The molecule has 0 bridgehead atoms. The van der Waals surface area contributed by atoms with Crippen molar-refractivity contribution < 1.29 is 45.1 Å². The number of anilines is 1. The minimum atomic E-state index is -4.64. The molecule has 1 unspecified atom stereocenters. The molecule has 2 aromatic heterocycles. The predicted octanol–water partition coefficient (Wildman–Crippen LogP) is 4.90. The van der Waals surface area contributed by atoms with Crippen molar-refractivity contribution in [2.75, 3.05) is 31.6 Å². The van der Waals surface area contributed by atoms with Gasteiger partial charge in [-0.15, -0.1) is 11.3 Å². The molecule has 39 heavy (non-hydrogen) atoms. The Hall–Kier alpha value is -3.01. The normalized spacial score (nSPS) is 19.9. The molecule has 2 aliphatic heterocycles. The van der Waals surface area contributed by atoms with Gasteiger partial charge in [0.1, 0.15) is 18.1 Å². The van der Waals surface area contributed by atoms with Crippen molar-refractivity contribution in [2.45, 2.75) is 56.8 Å². The average molecular weight is 584 g/mol. The van der Waals surface area contributed by atoms with Gasteiger partial charge in [0.2, 0.25) is 0 Å². The quantitative estimate of drug-likeness (QED) is 0.451. The fourth-order valence-corrected chi connectivity index (χ4v) is 5.37. The van der Waals surface area contributed by atoms with Crippen molar-refractivity contribution in [3.8, 4) is 10.4 Å². The fourth-order valence-electron chi connectivity index (χ4n) is 4.38. The number of carbonyl (C=O) groups excluding carboxylic acids is 2. The number of thiazole rings is 1. The summed E-state index contributed by atoms with van der Waals surface area (Å²) < 4.78 is 99.2. The molecular weight excluding hydrogens is 559 g/mol. The number of halogens is 7. The molecule has 214 valence electrons. The van der Waals surface area contributed by atoms with Crippen LogP contribution in [0.15, 0.2) is 12.3 Å². The molecule has 1 atom stereocenters. The molecule has 0 radical (unpaired) electrons. The number of amides is 2. The van der Waals surface area contributed by atoms with E-state index in [-0.39, 0.29) is 21.5 Å². The van der Waals surface area contributed by atoms with Gasteiger partial charge < -0.3 is 20.3 Å². The van der Waals surface area contributed by atoms with Gasteiger partial charge in [0.15, 0.2) is 5.01 Å². The summed E-state index contributed by atoms with van der Waals surface area (Å²) in [6.45, 7) is -0.220. The topological polar surface area (TPSA) is 96.5 Å².